The van der Waals surface area contributed by atoms with Crippen molar-refractivity contribution in [2.24, 2.45) is 0 Å². The lowest BCUT2D eigenvalue weighted by Gasteiger charge is -2.33. The molecule has 1 saturated carbocycles. The summed E-state index contributed by atoms with van der Waals surface area (Å²) < 4.78 is 1.52. The van der Waals surface area contributed by atoms with E-state index >= 15 is 0 Å². The second-order valence-electron chi connectivity index (χ2n) is 9.11. The Balaban J connectivity index is 1.27. The lowest BCUT2D eigenvalue weighted by atomic mass is 9.89. The van der Waals surface area contributed by atoms with E-state index in [4.69, 9.17) is 11.6 Å². The molecule has 0 spiro atoms. The molecule has 2 N–H and O–H groups in total. The average molecular weight is 500 g/mol. The number of rotatable bonds is 5. The highest BCUT2D eigenvalue weighted by atomic mass is 35.5. The standard InChI is InChI=1S/C29H26ClN3O3/c30-23-13-10-20-17-22(9-8-21(20)18-23)29(36)32-26-6-2-1-5-25(26)31-28(35)19-11-14-24(15-12-19)33-16-4-3-7-27(33)34/h3-4,7-18,25-26H,1-2,5-6H2,(H,31,35)(H,32,36). The van der Waals surface area contributed by atoms with Crippen LogP contribution >= 0.6 is 11.6 Å². The molecule has 7 heteroatoms. The normalized spacial score (nSPS) is 17.5. The fourth-order valence-corrected chi connectivity index (χ4v) is 4.93. The molecule has 182 valence electrons. The molecule has 1 heterocycles. The van der Waals surface area contributed by atoms with E-state index in [1.165, 1.54) is 10.6 Å². The quantitative estimate of drug-likeness (QED) is 0.400. The first-order valence-corrected chi connectivity index (χ1v) is 12.4. The molecule has 5 rings (SSSR count). The van der Waals surface area contributed by atoms with Gasteiger partial charge in [0.2, 0.25) is 0 Å². The van der Waals surface area contributed by atoms with Crippen molar-refractivity contribution >= 4 is 34.2 Å². The van der Waals surface area contributed by atoms with Crippen molar-refractivity contribution in [3.8, 4) is 5.69 Å². The minimum Gasteiger partial charge on any atom is -0.347 e. The molecule has 3 aromatic carbocycles. The first-order valence-electron chi connectivity index (χ1n) is 12.1. The Morgan fingerprint density at radius 3 is 2.06 bits per heavy atom. The number of nitrogens with zero attached hydrogens (tertiary/aromatic N) is 1. The number of fused-ring (bicyclic) bond motifs is 1. The van der Waals surface area contributed by atoms with Gasteiger partial charge in [0.05, 0.1) is 0 Å². The smallest absolute Gasteiger partial charge is 0.255 e. The summed E-state index contributed by atoms with van der Waals surface area (Å²) in [6.45, 7) is 0. The Labute approximate surface area is 213 Å². The number of benzene rings is 3. The molecule has 2 amide bonds. The van der Waals surface area contributed by atoms with Crippen molar-refractivity contribution in [3.63, 3.8) is 0 Å². The maximum atomic E-state index is 13.0. The third-order valence-electron chi connectivity index (χ3n) is 6.69. The van der Waals surface area contributed by atoms with Crippen LogP contribution < -0.4 is 16.2 Å². The van der Waals surface area contributed by atoms with Gasteiger partial charge in [-0.05, 0) is 78.2 Å². The second-order valence-corrected chi connectivity index (χ2v) is 9.54. The van der Waals surface area contributed by atoms with Crippen LogP contribution in [0.15, 0.2) is 89.9 Å². The lowest BCUT2D eigenvalue weighted by Crippen LogP contribution is -2.53. The van der Waals surface area contributed by atoms with Gasteiger partial charge in [0.25, 0.3) is 17.4 Å². The monoisotopic (exact) mass is 499 g/mol. The SMILES string of the molecule is O=C(NC1CCCCC1NC(=O)c1ccc2cc(Cl)ccc2c1)c1ccc(-n2ccccc2=O)cc1. The van der Waals surface area contributed by atoms with Gasteiger partial charge in [0.1, 0.15) is 0 Å². The number of carbonyl (C=O) groups excluding carboxylic acids is 2. The molecule has 2 unspecified atom stereocenters. The fourth-order valence-electron chi connectivity index (χ4n) is 4.75. The summed E-state index contributed by atoms with van der Waals surface area (Å²) in [5, 5.41) is 8.83. The molecule has 6 nitrogen and oxygen atoms in total. The number of amides is 2. The van der Waals surface area contributed by atoms with E-state index in [-0.39, 0.29) is 29.5 Å². The second kappa shape index (κ2) is 10.4. The van der Waals surface area contributed by atoms with Crippen LogP contribution in [0.4, 0.5) is 0 Å². The van der Waals surface area contributed by atoms with Gasteiger partial charge < -0.3 is 10.6 Å². The molecule has 1 aliphatic carbocycles. The Hall–Kier alpha value is -3.90. The summed E-state index contributed by atoms with van der Waals surface area (Å²) in [5.41, 5.74) is 1.64. The van der Waals surface area contributed by atoms with Crippen LogP contribution in [0.3, 0.4) is 0 Å². The highest BCUT2D eigenvalue weighted by molar-refractivity contribution is 6.31. The molecule has 1 aliphatic rings. The van der Waals surface area contributed by atoms with E-state index < -0.39 is 0 Å². The molecule has 36 heavy (non-hydrogen) atoms. The minimum absolute atomic E-state index is 0.134. The van der Waals surface area contributed by atoms with Crippen molar-refractivity contribution < 1.29 is 9.59 Å². The van der Waals surface area contributed by atoms with Gasteiger partial charge in [-0.2, -0.15) is 0 Å². The Kier molecular flexibility index (Phi) is 6.87. The van der Waals surface area contributed by atoms with Crippen molar-refractivity contribution in [1.29, 1.82) is 0 Å². The molecule has 0 radical (unpaired) electrons. The number of hydrogen-bond acceptors (Lipinski definition) is 3. The van der Waals surface area contributed by atoms with Gasteiger partial charge >= 0.3 is 0 Å². The van der Waals surface area contributed by atoms with Gasteiger partial charge in [-0.25, -0.2) is 0 Å². The summed E-state index contributed by atoms with van der Waals surface area (Å²) >= 11 is 6.07. The summed E-state index contributed by atoms with van der Waals surface area (Å²) in [5.74, 6) is -0.355. The third kappa shape index (κ3) is 5.19. The van der Waals surface area contributed by atoms with Gasteiger partial charge in [-0.15, -0.1) is 0 Å². The molecule has 1 aromatic heterocycles. The van der Waals surface area contributed by atoms with Crippen LogP contribution in [0.25, 0.3) is 16.5 Å². The molecule has 0 aliphatic heterocycles. The number of halogens is 1. The number of carbonyl (C=O) groups is 2. The fraction of sp³-hybridized carbons (Fsp3) is 0.207. The largest absolute Gasteiger partial charge is 0.347 e. The van der Waals surface area contributed by atoms with Crippen LogP contribution in [0.5, 0.6) is 0 Å². The molecule has 0 bridgehead atoms. The molecular weight excluding hydrogens is 474 g/mol. The van der Waals surface area contributed by atoms with Gasteiger partial charge in [0.15, 0.2) is 0 Å². The van der Waals surface area contributed by atoms with E-state index in [0.717, 1.165) is 36.5 Å². The first kappa shape index (κ1) is 23.8. The summed E-state index contributed by atoms with van der Waals surface area (Å²) in [6.07, 6.45) is 5.27. The van der Waals surface area contributed by atoms with Crippen LogP contribution in [-0.2, 0) is 0 Å². The van der Waals surface area contributed by atoms with E-state index in [2.05, 4.69) is 10.6 Å². The topological polar surface area (TPSA) is 80.2 Å². The van der Waals surface area contributed by atoms with Crippen molar-refractivity contribution in [1.82, 2.24) is 15.2 Å². The summed E-state index contributed by atoms with van der Waals surface area (Å²) in [7, 11) is 0. The van der Waals surface area contributed by atoms with Gasteiger partial charge in [-0.3, -0.25) is 19.0 Å². The lowest BCUT2D eigenvalue weighted by molar-refractivity contribution is 0.0863. The van der Waals surface area contributed by atoms with Crippen LogP contribution in [0.2, 0.25) is 5.02 Å². The molecule has 0 saturated heterocycles. The number of pyridine rings is 1. The predicted molar refractivity (Wildman–Crippen MR) is 142 cm³/mol. The Bertz CT molecular complexity index is 1480. The molecular formula is C29H26ClN3O3. The van der Waals surface area contributed by atoms with Crippen molar-refractivity contribution in [2.45, 2.75) is 37.8 Å². The van der Waals surface area contributed by atoms with Crippen molar-refractivity contribution in [2.75, 3.05) is 0 Å². The maximum Gasteiger partial charge on any atom is 0.255 e. The zero-order valence-electron chi connectivity index (χ0n) is 19.6. The zero-order valence-corrected chi connectivity index (χ0v) is 20.4. The first-order chi connectivity index (χ1) is 17.5. The summed E-state index contributed by atoms with van der Waals surface area (Å²) in [4.78, 5) is 38.1. The van der Waals surface area contributed by atoms with E-state index in [1.807, 2.05) is 30.3 Å². The van der Waals surface area contributed by atoms with Gasteiger partial charge in [-0.1, -0.05) is 42.6 Å². The van der Waals surface area contributed by atoms with E-state index in [9.17, 15) is 14.4 Å². The highest BCUT2D eigenvalue weighted by Crippen LogP contribution is 2.23. The third-order valence-corrected chi connectivity index (χ3v) is 6.93. The predicted octanol–water partition coefficient (Wildman–Crippen LogP) is 5.12. The van der Waals surface area contributed by atoms with Crippen LogP contribution in [0.1, 0.15) is 46.4 Å². The Morgan fingerprint density at radius 2 is 1.36 bits per heavy atom. The number of aromatic nitrogens is 1. The number of nitrogens with one attached hydrogen (secondary N) is 2. The maximum absolute atomic E-state index is 13.0. The van der Waals surface area contributed by atoms with Crippen LogP contribution in [-0.4, -0.2) is 28.5 Å². The molecule has 4 aromatic rings. The van der Waals surface area contributed by atoms with E-state index in [1.54, 1.807) is 48.7 Å². The zero-order chi connectivity index (χ0) is 25.1. The molecule has 2 atom stereocenters. The highest BCUT2D eigenvalue weighted by Gasteiger charge is 2.28. The average Bonchev–Trinajstić information content (AvgIpc) is 2.90. The molecule has 1 fully saturated rings. The van der Waals surface area contributed by atoms with Gasteiger partial charge in [0, 0.05) is 46.2 Å². The van der Waals surface area contributed by atoms with Crippen LogP contribution in [0, 0.1) is 0 Å². The Morgan fingerprint density at radius 1 is 0.750 bits per heavy atom. The van der Waals surface area contributed by atoms with Crippen molar-refractivity contribution in [3.05, 3.63) is 112 Å². The number of hydrogen-bond donors (Lipinski definition) is 2. The minimum atomic E-state index is -0.198. The van der Waals surface area contributed by atoms with E-state index in [0.29, 0.717) is 21.8 Å². The summed E-state index contributed by atoms with van der Waals surface area (Å²) in [6, 6.07) is 22.7.